The van der Waals surface area contributed by atoms with Crippen LogP contribution in [0.5, 0.6) is 0 Å². The van der Waals surface area contributed by atoms with Gasteiger partial charge in [0.15, 0.2) is 0 Å². The van der Waals surface area contributed by atoms with Gasteiger partial charge in [-0.1, -0.05) is 13.0 Å². The van der Waals surface area contributed by atoms with Gasteiger partial charge in [0, 0.05) is 24.7 Å². The number of hydrogen-bond donors (Lipinski definition) is 2. The second kappa shape index (κ2) is 8.22. The van der Waals surface area contributed by atoms with E-state index in [4.69, 9.17) is 10.4 Å². The van der Waals surface area contributed by atoms with Crippen LogP contribution in [0.3, 0.4) is 0 Å². The van der Waals surface area contributed by atoms with E-state index >= 15 is 0 Å². The zero-order valence-electron chi connectivity index (χ0n) is 11.1. The number of rotatable bonds is 8. The number of nitriles is 1. The molecule has 0 aromatic carbocycles. The Labute approximate surface area is 113 Å². The molecule has 0 radical (unpaired) electrons. The topological polar surface area (TPSA) is 86.0 Å². The first kappa shape index (κ1) is 15.1. The van der Waals surface area contributed by atoms with Crippen molar-refractivity contribution in [1.29, 1.82) is 5.26 Å². The molecule has 0 amide bonds. The normalized spacial score (nSPS) is 11.8. The van der Waals surface area contributed by atoms with Crippen molar-refractivity contribution in [2.24, 2.45) is 5.92 Å². The molecule has 0 aliphatic rings. The Morgan fingerprint density at radius 2 is 2.37 bits per heavy atom. The van der Waals surface area contributed by atoms with E-state index in [0.717, 1.165) is 18.5 Å². The van der Waals surface area contributed by atoms with E-state index in [2.05, 4.69) is 23.3 Å². The molecule has 0 aliphatic heterocycles. The maximum Gasteiger partial charge on any atom is 0.303 e. The summed E-state index contributed by atoms with van der Waals surface area (Å²) in [5.41, 5.74) is 1.34. The van der Waals surface area contributed by atoms with Gasteiger partial charge in [0.05, 0.1) is 0 Å². The molecule has 1 unspecified atom stereocenters. The minimum atomic E-state index is -0.742. The lowest BCUT2D eigenvalue weighted by molar-refractivity contribution is -0.137. The number of aliphatic carboxylic acids is 1. The van der Waals surface area contributed by atoms with Crippen molar-refractivity contribution >= 4 is 5.97 Å². The number of nitrogens with one attached hydrogen (secondary N) is 1. The Kier molecular flexibility index (Phi) is 6.55. The Morgan fingerprint density at radius 3 is 3.05 bits per heavy atom. The number of nitrogens with zero attached hydrogens (tertiary/aromatic N) is 2. The summed E-state index contributed by atoms with van der Waals surface area (Å²) in [5.74, 6) is -0.359. The van der Waals surface area contributed by atoms with Gasteiger partial charge < -0.3 is 10.4 Å². The van der Waals surface area contributed by atoms with Crippen molar-refractivity contribution in [3.8, 4) is 6.07 Å². The van der Waals surface area contributed by atoms with Gasteiger partial charge in [0.2, 0.25) is 0 Å². The van der Waals surface area contributed by atoms with E-state index in [1.807, 2.05) is 12.1 Å². The van der Waals surface area contributed by atoms with Crippen LogP contribution in [0.1, 0.15) is 37.4 Å². The van der Waals surface area contributed by atoms with Gasteiger partial charge in [0.25, 0.3) is 0 Å². The smallest absolute Gasteiger partial charge is 0.303 e. The van der Waals surface area contributed by atoms with Crippen LogP contribution in [0.2, 0.25) is 0 Å². The van der Waals surface area contributed by atoms with Crippen LogP contribution < -0.4 is 5.32 Å². The second-order valence-corrected chi connectivity index (χ2v) is 4.63. The van der Waals surface area contributed by atoms with Gasteiger partial charge in [-0.15, -0.1) is 0 Å². The first-order valence-corrected chi connectivity index (χ1v) is 6.40. The molecule has 5 heteroatoms. The molecule has 0 saturated carbocycles. The zero-order chi connectivity index (χ0) is 14.1. The first-order valence-electron chi connectivity index (χ1n) is 6.40. The molecular weight excluding hydrogens is 242 g/mol. The Hall–Kier alpha value is -1.93. The molecule has 102 valence electrons. The number of carboxylic acid groups (broad SMARTS) is 1. The summed E-state index contributed by atoms with van der Waals surface area (Å²) in [6.07, 6.45) is 3.46. The van der Waals surface area contributed by atoms with E-state index in [1.54, 1.807) is 6.20 Å². The van der Waals surface area contributed by atoms with Crippen molar-refractivity contribution in [2.45, 2.75) is 32.7 Å². The predicted octanol–water partition coefficient (Wildman–Crippen LogP) is 1.93. The van der Waals surface area contributed by atoms with Crippen LogP contribution in [0.4, 0.5) is 0 Å². The summed E-state index contributed by atoms with van der Waals surface area (Å²) in [6, 6.07) is 5.76. The lowest BCUT2D eigenvalue weighted by atomic mass is 10.0. The lowest BCUT2D eigenvalue weighted by Gasteiger charge is -2.11. The largest absolute Gasteiger partial charge is 0.481 e. The van der Waals surface area contributed by atoms with Crippen LogP contribution in [-0.4, -0.2) is 22.6 Å². The third-order valence-corrected chi connectivity index (χ3v) is 2.98. The maximum absolute atomic E-state index is 10.4. The summed E-state index contributed by atoms with van der Waals surface area (Å²) in [6.45, 7) is 3.47. The Balaban J connectivity index is 2.24. The molecule has 1 aromatic heterocycles. The number of carbonyl (C=O) groups is 1. The molecule has 5 nitrogen and oxygen atoms in total. The minimum absolute atomic E-state index is 0.225. The van der Waals surface area contributed by atoms with E-state index < -0.39 is 5.97 Å². The van der Waals surface area contributed by atoms with Gasteiger partial charge >= 0.3 is 5.97 Å². The molecule has 0 saturated heterocycles. The Bertz CT molecular complexity index is 454. The van der Waals surface area contributed by atoms with Gasteiger partial charge in [-0.05, 0) is 31.4 Å². The summed E-state index contributed by atoms with van der Waals surface area (Å²) in [5, 5.41) is 20.7. The van der Waals surface area contributed by atoms with Crippen LogP contribution in [0.25, 0.3) is 0 Å². The van der Waals surface area contributed by atoms with Gasteiger partial charge in [-0.25, -0.2) is 4.98 Å². The third kappa shape index (κ3) is 5.98. The highest BCUT2D eigenvalue weighted by Crippen LogP contribution is 2.09. The van der Waals surface area contributed by atoms with Gasteiger partial charge in [-0.2, -0.15) is 5.26 Å². The summed E-state index contributed by atoms with van der Waals surface area (Å²) < 4.78 is 0. The van der Waals surface area contributed by atoms with E-state index in [9.17, 15) is 4.79 Å². The number of hydrogen-bond acceptors (Lipinski definition) is 4. The zero-order valence-corrected chi connectivity index (χ0v) is 11.1. The molecule has 2 N–H and O–H groups in total. The summed E-state index contributed by atoms with van der Waals surface area (Å²) >= 11 is 0. The highest BCUT2D eigenvalue weighted by molar-refractivity contribution is 5.66. The van der Waals surface area contributed by atoms with E-state index in [-0.39, 0.29) is 6.42 Å². The number of aromatic nitrogens is 1. The van der Waals surface area contributed by atoms with Crippen molar-refractivity contribution in [2.75, 3.05) is 6.54 Å². The minimum Gasteiger partial charge on any atom is -0.481 e. The lowest BCUT2D eigenvalue weighted by Crippen LogP contribution is -2.18. The number of pyridine rings is 1. The highest BCUT2D eigenvalue weighted by Gasteiger charge is 2.06. The molecular formula is C14H19N3O2. The Morgan fingerprint density at radius 1 is 1.58 bits per heavy atom. The van der Waals surface area contributed by atoms with E-state index in [1.165, 1.54) is 0 Å². The molecule has 19 heavy (non-hydrogen) atoms. The van der Waals surface area contributed by atoms with Crippen molar-refractivity contribution in [3.63, 3.8) is 0 Å². The van der Waals surface area contributed by atoms with Gasteiger partial charge in [-0.3, -0.25) is 4.79 Å². The monoisotopic (exact) mass is 261 g/mol. The first-order chi connectivity index (χ1) is 9.13. The van der Waals surface area contributed by atoms with E-state index in [0.29, 0.717) is 24.6 Å². The molecule has 0 aliphatic carbocycles. The van der Waals surface area contributed by atoms with Crippen LogP contribution in [0, 0.1) is 17.2 Å². The van der Waals surface area contributed by atoms with Gasteiger partial charge in [0.1, 0.15) is 11.8 Å². The number of carboxylic acids is 1. The quantitative estimate of drug-likeness (QED) is 0.698. The van der Waals surface area contributed by atoms with Crippen molar-refractivity contribution in [1.82, 2.24) is 10.3 Å². The summed E-state index contributed by atoms with van der Waals surface area (Å²) in [7, 11) is 0. The molecule has 1 aromatic rings. The van der Waals surface area contributed by atoms with Crippen molar-refractivity contribution in [3.05, 3.63) is 29.6 Å². The molecule has 0 spiro atoms. The fraction of sp³-hybridized carbons (Fsp3) is 0.500. The standard InChI is InChI=1S/C14H19N3O2/c1-11(4-5-14(18)19)6-8-16-10-12-3-2-7-17-13(12)9-15/h2-3,7,11,16H,4-6,8,10H2,1H3,(H,18,19). The molecule has 1 atom stereocenters. The SMILES string of the molecule is CC(CCNCc1cccnc1C#N)CCC(=O)O. The van der Waals surface area contributed by atoms with Crippen LogP contribution in [-0.2, 0) is 11.3 Å². The molecule has 1 rings (SSSR count). The van der Waals surface area contributed by atoms with Crippen LogP contribution >= 0.6 is 0 Å². The average Bonchev–Trinajstić information content (AvgIpc) is 2.41. The highest BCUT2D eigenvalue weighted by atomic mass is 16.4. The summed E-state index contributed by atoms with van der Waals surface area (Å²) in [4.78, 5) is 14.4. The average molecular weight is 261 g/mol. The molecule has 0 fully saturated rings. The predicted molar refractivity (Wildman–Crippen MR) is 71.3 cm³/mol. The molecule has 0 bridgehead atoms. The molecule has 1 heterocycles. The maximum atomic E-state index is 10.4. The fourth-order valence-electron chi connectivity index (χ4n) is 1.77. The van der Waals surface area contributed by atoms with Crippen LogP contribution in [0.15, 0.2) is 18.3 Å². The van der Waals surface area contributed by atoms with Crippen molar-refractivity contribution < 1.29 is 9.90 Å². The third-order valence-electron chi connectivity index (χ3n) is 2.98. The second-order valence-electron chi connectivity index (χ2n) is 4.63. The fourth-order valence-corrected chi connectivity index (χ4v) is 1.77.